The Hall–Kier alpha value is -3.76. The average molecular weight is 547 g/mol. The van der Waals surface area contributed by atoms with Gasteiger partial charge in [-0.1, -0.05) is 32.9 Å². The van der Waals surface area contributed by atoms with Crippen LogP contribution in [0.1, 0.15) is 51.6 Å². The van der Waals surface area contributed by atoms with E-state index in [9.17, 15) is 22.8 Å². The molecule has 1 saturated carbocycles. The number of halogens is 3. The van der Waals surface area contributed by atoms with Gasteiger partial charge in [-0.05, 0) is 60.4 Å². The van der Waals surface area contributed by atoms with Crippen LogP contribution in [0.4, 0.5) is 24.8 Å². The van der Waals surface area contributed by atoms with Gasteiger partial charge in [0.2, 0.25) is 5.95 Å². The van der Waals surface area contributed by atoms with Crippen LogP contribution < -0.4 is 15.4 Å². The molecule has 210 valence electrons. The third kappa shape index (κ3) is 7.64. The first kappa shape index (κ1) is 28.3. The maximum Gasteiger partial charge on any atom is 0.393 e. The molecule has 39 heavy (non-hydrogen) atoms. The lowest BCUT2D eigenvalue weighted by Gasteiger charge is -2.40. The van der Waals surface area contributed by atoms with E-state index in [4.69, 9.17) is 14.8 Å². The van der Waals surface area contributed by atoms with Crippen molar-refractivity contribution >= 4 is 34.5 Å². The van der Waals surface area contributed by atoms with Gasteiger partial charge in [0.1, 0.15) is 12.3 Å². The summed E-state index contributed by atoms with van der Waals surface area (Å²) in [4.78, 5) is 27.3. The molecule has 3 aromatic rings. The monoisotopic (exact) mass is 546 g/mol. The number of hydrogen-bond donors (Lipinski definition) is 3. The molecular weight excluding hydrogens is 513 g/mol. The Bertz CT molecular complexity index is 1340. The Morgan fingerprint density at radius 3 is 2.51 bits per heavy atom. The van der Waals surface area contributed by atoms with Crippen LogP contribution in [0, 0.1) is 11.3 Å². The van der Waals surface area contributed by atoms with E-state index >= 15 is 0 Å². The lowest BCUT2D eigenvalue weighted by Crippen LogP contribution is -2.33. The molecule has 1 fully saturated rings. The van der Waals surface area contributed by atoms with E-state index in [0.717, 1.165) is 24.8 Å². The van der Waals surface area contributed by atoms with Crippen molar-refractivity contribution in [1.29, 1.82) is 0 Å². The van der Waals surface area contributed by atoms with Crippen LogP contribution in [-0.2, 0) is 16.0 Å². The van der Waals surface area contributed by atoms with Crippen molar-refractivity contribution in [2.45, 2.75) is 58.7 Å². The standard InChI is InChI=1S/C28H33F3N4O4/c1-17-10-20(14-27(2,3)12-17)35-23-9-8-21(39-16-24(36)32-15-25(37)38)11-22(23)34-26(35)33-19-6-4-18(5-7-19)13-28(29,30)31/h4-9,11,17,20H,10,12-16H2,1-3H3,(H,32,36)(H,33,34)(H,37,38)/t17-,20+/m0/s1. The number of ether oxygens (including phenoxy) is 1. The molecule has 0 saturated heterocycles. The SMILES string of the molecule is C[C@H]1C[C@@H](n2c(Nc3ccc(CC(F)(F)F)cc3)nc3cc(OCC(=O)NCC(=O)O)ccc32)CC(C)(C)C1. The molecule has 3 N–H and O–H groups in total. The molecule has 1 aliphatic rings. The van der Waals surface area contributed by atoms with Crippen LogP contribution in [0.2, 0.25) is 0 Å². The second kappa shape index (κ2) is 11.2. The fourth-order valence-electron chi connectivity index (χ4n) is 5.56. The molecule has 0 unspecified atom stereocenters. The van der Waals surface area contributed by atoms with E-state index in [1.54, 1.807) is 24.3 Å². The van der Waals surface area contributed by atoms with E-state index in [2.05, 4.69) is 36.0 Å². The molecule has 2 aromatic carbocycles. The normalized spacial score (nSPS) is 19.0. The van der Waals surface area contributed by atoms with Crippen LogP contribution in [0.3, 0.4) is 0 Å². The fourth-order valence-corrected chi connectivity index (χ4v) is 5.56. The van der Waals surface area contributed by atoms with Gasteiger partial charge in [-0.3, -0.25) is 9.59 Å². The molecule has 11 heteroatoms. The zero-order chi connectivity index (χ0) is 28.4. The van der Waals surface area contributed by atoms with Gasteiger partial charge in [0.25, 0.3) is 5.91 Å². The van der Waals surface area contributed by atoms with Gasteiger partial charge in [-0.2, -0.15) is 13.2 Å². The number of alkyl halides is 3. The smallest absolute Gasteiger partial charge is 0.393 e. The Labute approximate surface area is 224 Å². The van der Waals surface area contributed by atoms with E-state index < -0.39 is 31.0 Å². The number of nitrogens with zero attached hydrogens (tertiary/aromatic N) is 2. The maximum absolute atomic E-state index is 12.8. The van der Waals surface area contributed by atoms with Crippen molar-refractivity contribution in [2.24, 2.45) is 11.3 Å². The van der Waals surface area contributed by atoms with Gasteiger partial charge in [-0.15, -0.1) is 0 Å². The highest BCUT2D eigenvalue weighted by Crippen LogP contribution is 2.46. The molecule has 0 aliphatic heterocycles. The Kier molecular flexibility index (Phi) is 8.08. The van der Waals surface area contributed by atoms with Gasteiger partial charge >= 0.3 is 12.1 Å². The first-order valence-corrected chi connectivity index (χ1v) is 12.8. The molecule has 1 amide bonds. The number of carbonyl (C=O) groups is 2. The molecule has 8 nitrogen and oxygen atoms in total. The average Bonchev–Trinajstić information content (AvgIpc) is 3.17. The minimum Gasteiger partial charge on any atom is -0.484 e. The summed E-state index contributed by atoms with van der Waals surface area (Å²) in [5.41, 5.74) is 2.42. The summed E-state index contributed by atoms with van der Waals surface area (Å²) in [5, 5.41) is 14.2. The first-order chi connectivity index (χ1) is 18.3. The van der Waals surface area contributed by atoms with Gasteiger partial charge in [-0.25, -0.2) is 4.98 Å². The highest BCUT2D eigenvalue weighted by Gasteiger charge is 2.35. The molecule has 0 radical (unpaired) electrons. The van der Waals surface area contributed by atoms with Crippen LogP contribution in [-0.4, -0.2) is 45.9 Å². The number of imidazole rings is 1. The first-order valence-electron chi connectivity index (χ1n) is 12.8. The summed E-state index contributed by atoms with van der Waals surface area (Å²) in [7, 11) is 0. The number of aliphatic carboxylic acids is 1. The zero-order valence-electron chi connectivity index (χ0n) is 22.1. The van der Waals surface area contributed by atoms with Gasteiger partial charge in [0.15, 0.2) is 6.61 Å². The highest BCUT2D eigenvalue weighted by molar-refractivity contribution is 5.83. The second-order valence-electron chi connectivity index (χ2n) is 11.1. The highest BCUT2D eigenvalue weighted by atomic mass is 19.4. The Morgan fingerprint density at radius 2 is 1.87 bits per heavy atom. The number of anilines is 2. The van der Waals surface area contributed by atoms with Gasteiger partial charge in [0, 0.05) is 17.8 Å². The number of benzene rings is 2. The third-order valence-electron chi connectivity index (χ3n) is 6.81. The van der Waals surface area contributed by atoms with E-state index in [0.29, 0.717) is 28.8 Å². The predicted octanol–water partition coefficient (Wildman–Crippen LogP) is 5.85. The van der Waals surface area contributed by atoms with Crippen LogP contribution >= 0.6 is 0 Å². The summed E-state index contributed by atoms with van der Waals surface area (Å²) >= 11 is 0. The number of amides is 1. The number of carbonyl (C=O) groups excluding carboxylic acids is 1. The van der Waals surface area contributed by atoms with Crippen molar-refractivity contribution in [3.63, 3.8) is 0 Å². The summed E-state index contributed by atoms with van der Waals surface area (Å²) in [6.45, 7) is 5.91. The summed E-state index contributed by atoms with van der Waals surface area (Å²) in [6.07, 6.45) is -2.26. The predicted molar refractivity (Wildman–Crippen MR) is 141 cm³/mol. The second-order valence-corrected chi connectivity index (χ2v) is 11.1. The van der Waals surface area contributed by atoms with E-state index in [1.165, 1.54) is 12.1 Å². The lowest BCUT2D eigenvalue weighted by molar-refractivity contribution is -0.138. The number of carboxylic acid groups (broad SMARTS) is 1. The van der Waals surface area contributed by atoms with E-state index in [1.807, 2.05) is 6.07 Å². The number of hydrogen-bond acceptors (Lipinski definition) is 5. The molecule has 0 spiro atoms. The minimum absolute atomic E-state index is 0.127. The zero-order valence-corrected chi connectivity index (χ0v) is 22.1. The molecule has 1 aliphatic carbocycles. The topological polar surface area (TPSA) is 105 Å². The van der Waals surface area contributed by atoms with Crippen LogP contribution in [0.25, 0.3) is 11.0 Å². The summed E-state index contributed by atoms with van der Waals surface area (Å²) in [6, 6.07) is 11.6. The van der Waals surface area contributed by atoms with Gasteiger partial charge in [0.05, 0.1) is 17.5 Å². The van der Waals surface area contributed by atoms with Crippen molar-refractivity contribution in [2.75, 3.05) is 18.5 Å². The fraction of sp³-hybridized carbons (Fsp3) is 0.464. The molecule has 4 rings (SSSR count). The van der Waals surface area contributed by atoms with Crippen LogP contribution in [0.5, 0.6) is 5.75 Å². The van der Waals surface area contributed by atoms with Crippen molar-refractivity contribution in [3.8, 4) is 5.75 Å². The number of aromatic nitrogens is 2. The minimum atomic E-state index is -4.27. The summed E-state index contributed by atoms with van der Waals surface area (Å²) in [5.74, 6) is -0.237. The quantitative estimate of drug-likeness (QED) is 0.311. The van der Waals surface area contributed by atoms with Crippen molar-refractivity contribution < 1.29 is 32.6 Å². The Balaban J connectivity index is 1.63. The molecule has 0 bridgehead atoms. The number of rotatable bonds is 9. The third-order valence-corrected chi connectivity index (χ3v) is 6.81. The van der Waals surface area contributed by atoms with Gasteiger partial charge < -0.3 is 25.0 Å². The molecule has 1 aromatic heterocycles. The largest absolute Gasteiger partial charge is 0.484 e. The number of fused-ring (bicyclic) bond motifs is 1. The number of carboxylic acids is 1. The van der Waals surface area contributed by atoms with Crippen molar-refractivity contribution in [1.82, 2.24) is 14.9 Å². The maximum atomic E-state index is 12.8. The summed E-state index contributed by atoms with van der Waals surface area (Å²) < 4.78 is 46.0. The molecular formula is C28H33F3N4O4. The lowest BCUT2D eigenvalue weighted by atomic mass is 9.70. The van der Waals surface area contributed by atoms with Crippen molar-refractivity contribution in [3.05, 3.63) is 48.0 Å². The van der Waals surface area contributed by atoms with Crippen LogP contribution in [0.15, 0.2) is 42.5 Å². The molecule has 1 heterocycles. The number of nitrogens with one attached hydrogen (secondary N) is 2. The molecule has 2 atom stereocenters. The Morgan fingerprint density at radius 1 is 1.15 bits per heavy atom. The van der Waals surface area contributed by atoms with E-state index in [-0.39, 0.29) is 23.6 Å².